The number of rotatable bonds is 3. The molecule has 0 atom stereocenters. The number of hydrogen-bond donors (Lipinski definition) is 2. The van der Waals surface area contributed by atoms with Gasteiger partial charge in [0.15, 0.2) is 11.4 Å². The lowest BCUT2D eigenvalue weighted by Gasteiger charge is -2.14. The molecule has 1 aromatic heterocycles. The summed E-state index contributed by atoms with van der Waals surface area (Å²) in [7, 11) is 0. The topological polar surface area (TPSA) is 109 Å². The minimum Gasteiger partial charge on any atom is -0.481 e. The Morgan fingerprint density at radius 1 is 1.61 bits per heavy atom. The van der Waals surface area contributed by atoms with Crippen LogP contribution in [0.3, 0.4) is 0 Å². The lowest BCUT2D eigenvalue weighted by Crippen LogP contribution is -2.20. The Morgan fingerprint density at radius 3 is 2.67 bits per heavy atom. The van der Waals surface area contributed by atoms with Crippen LogP contribution in [0.4, 0.5) is 18.9 Å². The second-order valence-corrected chi connectivity index (χ2v) is 3.10. The number of nitrogens with two attached hydrogens (primary N) is 1. The van der Waals surface area contributed by atoms with Crippen molar-refractivity contribution in [3.05, 3.63) is 17.5 Å². The molecular formula is C9H6F3N3O3. The number of carbonyl (C=O) groups is 1. The van der Waals surface area contributed by atoms with E-state index in [1.54, 1.807) is 0 Å². The van der Waals surface area contributed by atoms with Crippen molar-refractivity contribution in [2.45, 2.75) is 12.8 Å². The van der Waals surface area contributed by atoms with Crippen molar-refractivity contribution in [2.24, 2.45) is 0 Å². The maximum Gasteiger partial charge on any atom is 0.573 e. The van der Waals surface area contributed by atoms with Gasteiger partial charge in [-0.25, -0.2) is 4.98 Å². The number of alkyl halides is 3. The summed E-state index contributed by atoms with van der Waals surface area (Å²) in [6.45, 7) is 0. The van der Waals surface area contributed by atoms with E-state index in [1.165, 1.54) is 6.07 Å². The lowest BCUT2D eigenvalue weighted by molar-refractivity contribution is -0.275. The standard InChI is InChI=1S/C9H6F3N3O3/c10-9(11,12)18-8-4(1-7(16)17)5(14)3-15-6(8)2-13/h3H,1,14H2,(H,16,17). The molecule has 0 spiro atoms. The van der Waals surface area contributed by atoms with Crippen LogP contribution in [-0.4, -0.2) is 22.4 Å². The van der Waals surface area contributed by atoms with Gasteiger partial charge in [0.05, 0.1) is 18.3 Å². The van der Waals surface area contributed by atoms with E-state index in [9.17, 15) is 18.0 Å². The highest BCUT2D eigenvalue weighted by Gasteiger charge is 2.34. The van der Waals surface area contributed by atoms with Crippen LogP contribution in [0.5, 0.6) is 5.75 Å². The molecule has 0 saturated carbocycles. The summed E-state index contributed by atoms with van der Waals surface area (Å²) in [6.07, 6.45) is -4.98. The molecule has 3 N–H and O–H groups in total. The molecule has 1 aromatic rings. The molecule has 0 amide bonds. The molecule has 6 nitrogen and oxygen atoms in total. The van der Waals surface area contributed by atoms with Gasteiger partial charge < -0.3 is 15.6 Å². The molecule has 1 heterocycles. The first kappa shape index (κ1) is 13.6. The van der Waals surface area contributed by atoms with Gasteiger partial charge in [0.25, 0.3) is 0 Å². The molecule has 18 heavy (non-hydrogen) atoms. The minimum absolute atomic E-state index is 0.296. The monoisotopic (exact) mass is 261 g/mol. The van der Waals surface area contributed by atoms with Gasteiger partial charge in [-0.3, -0.25) is 4.79 Å². The first-order valence-electron chi connectivity index (χ1n) is 4.39. The molecule has 96 valence electrons. The fraction of sp³-hybridized carbons (Fsp3) is 0.222. The highest BCUT2D eigenvalue weighted by atomic mass is 19.4. The van der Waals surface area contributed by atoms with Gasteiger partial charge in [0.1, 0.15) is 6.07 Å². The molecular weight excluding hydrogens is 255 g/mol. The second kappa shape index (κ2) is 4.79. The molecule has 9 heteroatoms. The summed E-state index contributed by atoms with van der Waals surface area (Å²) in [6, 6.07) is 1.37. The van der Waals surface area contributed by atoms with Crippen LogP contribution in [0.15, 0.2) is 6.20 Å². The molecule has 1 rings (SSSR count). The van der Waals surface area contributed by atoms with Crippen LogP contribution in [-0.2, 0) is 11.2 Å². The van der Waals surface area contributed by atoms with Crippen LogP contribution >= 0.6 is 0 Å². The number of ether oxygens (including phenoxy) is 1. The summed E-state index contributed by atoms with van der Waals surface area (Å²) >= 11 is 0. The van der Waals surface area contributed by atoms with Crippen molar-refractivity contribution in [3.8, 4) is 11.8 Å². The van der Waals surface area contributed by atoms with Crippen molar-refractivity contribution in [2.75, 3.05) is 5.73 Å². The fourth-order valence-corrected chi connectivity index (χ4v) is 1.18. The zero-order valence-corrected chi connectivity index (χ0v) is 8.65. The average molecular weight is 261 g/mol. The van der Waals surface area contributed by atoms with E-state index >= 15 is 0 Å². The largest absolute Gasteiger partial charge is 0.573 e. The van der Waals surface area contributed by atoms with Gasteiger partial charge in [-0.1, -0.05) is 0 Å². The number of halogens is 3. The normalized spacial score (nSPS) is 10.8. The number of aromatic nitrogens is 1. The van der Waals surface area contributed by atoms with E-state index in [1.807, 2.05) is 0 Å². The molecule has 0 aliphatic heterocycles. The summed E-state index contributed by atoms with van der Waals surface area (Å²) < 4.78 is 40.1. The van der Waals surface area contributed by atoms with E-state index in [2.05, 4.69) is 9.72 Å². The summed E-state index contributed by atoms with van der Waals surface area (Å²) in [5.74, 6) is -2.39. The van der Waals surface area contributed by atoms with E-state index in [0.29, 0.717) is 0 Å². The molecule has 0 bridgehead atoms. The lowest BCUT2D eigenvalue weighted by atomic mass is 10.1. The van der Waals surface area contributed by atoms with Crippen LogP contribution in [0, 0.1) is 11.3 Å². The maximum atomic E-state index is 12.2. The second-order valence-electron chi connectivity index (χ2n) is 3.10. The fourth-order valence-electron chi connectivity index (χ4n) is 1.18. The number of aliphatic carboxylic acids is 1. The van der Waals surface area contributed by atoms with Crippen LogP contribution in [0.2, 0.25) is 0 Å². The van der Waals surface area contributed by atoms with Crippen molar-refractivity contribution in [1.29, 1.82) is 5.26 Å². The predicted octanol–water partition coefficient (Wildman–Crippen LogP) is 1.06. The zero-order valence-electron chi connectivity index (χ0n) is 8.65. The van der Waals surface area contributed by atoms with Crippen LogP contribution in [0.25, 0.3) is 0 Å². The van der Waals surface area contributed by atoms with Gasteiger partial charge in [0.2, 0.25) is 0 Å². The molecule has 0 aliphatic carbocycles. The molecule has 0 aliphatic rings. The molecule has 0 aromatic carbocycles. The first-order valence-corrected chi connectivity index (χ1v) is 4.39. The van der Waals surface area contributed by atoms with Crippen LogP contribution < -0.4 is 10.5 Å². The molecule has 0 fully saturated rings. The number of nitrogen functional groups attached to an aromatic ring is 1. The minimum atomic E-state index is -5.08. The quantitative estimate of drug-likeness (QED) is 0.841. The SMILES string of the molecule is N#Cc1ncc(N)c(CC(=O)O)c1OC(F)(F)F. The van der Waals surface area contributed by atoms with Crippen molar-refractivity contribution in [3.63, 3.8) is 0 Å². The molecule has 0 saturated heterocycles. The van der Waals surface area contributed by atoms with Crippen molar-refractivity contribution >= 4 is 11.7 Å². The van der Waals surface area contributed by atoms with E-state index in [4.69, 9.17) is 16.1 Å². The Kier molecular flexibility index (Phi) is 3.61. The van der Waals surface area contributed by atoms with E-state index in [0.717, 1.165) is 6.20 Å². The van der Waals surface area contributed by atoms with Gasteiger partial charge in [-0.15, -0.1) is 13.2 Å². The smallest absolute Gasteiger partial charge is 0.481 e. The summed E-state index contributed by atoms with van der Waals surface area (Å²) in [5.41, 5.74) is 3.91. The number of nitrogens with zero attached hydrogens (tertiary/aromatic N) is 2. The number of carboxylic acid groups (broad SMARTS) is 1. The number of pyridine rings is 1. The highest BCUT2D eigenvalue weighted by molar-refractivity contribution is 5.75. The predicted molar refractivity (Wildman–Crippen MR) is 51.4 cm³/mol. The molecule has 0 radical (unpaired) electrons. The van der Waals surface area contributed by atoms with Gasteiger partial charge in [0, 0.05) is 5.56 Å². The highest BCUT2D eigenvalue weighted by Crippen LogP contribution is 2.32. The van der Waals surface area contributed by atoms with Crippen molar-refractivity contribution < 1.29 is 27.8 Å². The average Bonchev–Trinajstić information content (AvgIpc) is 2.21. The number of hydrogen-bond acceptors (Lipinski definition) is 5. The number of anilines is 1. The Hall–Kier alpha value is -2.50. The third kappa shape index (κ3) is 3.24. The van der Waals surface area contributed by atoms with Crippen molar-refractivity contribution in [1.82, 2.24) is 4.98 Å². The Morgan fingerprint density at radius 2 is 2.22 bits per heavy atom. The Bertz CT molecular complexity index is 522. The molecule has 0 unspecified atom stereocenters. The van der Waals surface area contributed by atoms with Gasteiger partial charge in [-0.05, 0) is 0 Å². The third-order valence-electron chi connectivity index (χ3n) is 1.82. The summed E-state index contributed by atoms with van der Waals surface area (Å²) in [4.78, 5) is 13.9. The summed E-state index contributed by atoms with van der Waals surface area (Å²) in [5, 5.41) is 17.2. The zero-order chi connectivity index (χ0) is 13.9. The Balaban J connectivity index is 3.37. The van der Waals surface area contributed by atoms with E-state index < -0.39 is 35.8 Å². The maximum absolute atomic E-state index is 12.2. The number of nitriles is 1. The first-order chi connectivity index (χ1) is 8.24. The van der Waals surface area contributed by atoms with Gasteiger partial charge >= 0.3 is 12.3 Å². The van der Waals surface area contributed by atoms with Gasteiger partial charge in [-0.2, -0.15) is 5.26 Å². The van der Waals surface area contributed by atoms with E-state index in [-0.39, 0.29) is 5.69 Å². The Labute approximate surface area is 98.4 Å². The number of carboxylic acids is 1. The van der Waals surface area contributed by atoms with Crippen LogP contribution in [0.1, 0.15) is 11.3 Å². The third-order valence-corrected chi connectivity index (χ3v) is 1.82.